The molecule has 6 heteroatoms. The van der Waals surface area contributed by atoms with Gasteiger partial charge in [-0.15, -0.1) is 0 Å². The van der Waals surface area contributed by atoms with E-state index in [1.165, 1.54) is 0 Å². The van der Waals surface area contributed by atoms with Crippen molar-refractivity contribution in [3.05, 3.63) is 53.9 Å². The van der Waals surface area contributed by atoms with Gasteiger partial charge in [0.2, 0.25) is 5.91 Å². The van der Waals surface area contributed by atoms with Crippen LogP contribution in [-0.2, 0) is 11.3 Å². The van der Waals surface area contributed by atoms with Crippen LogP contribution in [0.5, 0.6) is 0 Å². The molecule has 130 valence electrons. The summed E-state index contributed by atoms with van der Waals surface area (Å²) >= 11 is 0. The van der Waals surface area contributed by atoms with Crippen LogP contribution in [0.3, 0.4) is 0 Å². The SMILES string of the molecule is C[C@]12CCN(C(=O)c3ccn[nH]3)[C@H]1CCC(=O)N2Cc1ccccc1. The number of fused-ring (bicyclic) bond motifs is 1. The van der Waals surface area contributed by atoms with Crippen LogP contribution in [0.25, 0.3) is 0 Å². The Labute approximate surface area is 146 Å². The van der Waals surface area contributed by atoms with Crippen LogP contribution >= 0.6 is 0 Å². The number of rotatable bonds is 3. The second-order valence-corrected chi connectivity index (χ2v) is 7.10. The molecular formula is C19H22N4O2. The van der Waals surface area contributed by atoms with Gasteiger partial charge >= 0.3 is 0 Å². The lowest BCUT2D eigenvalue weighted by Crippen LogP contribution is -2.60. The number of benzene rings is 1. The van der Waals surface area contributed by atoms with Crippen molar-refractivity contribution < 1.29 is 9.59 Å². The number of hydrogen-bond donors (Lipinski definition) is 1. The van der Waals surface area contributed by atoms with Crippen LogP contribution < -0.4 is 0 Å². The fourth-order valence-electron chi connectivity index (χ4n) is 4.27. The van der Waals surface area contributed by atoms with Crippen LogP contribution in [0.4, 0.5) is 0 Å². The van der Waals surface area contributed by atoms with Crippen molar-refractivity contribution in [2.75, 3.05) is 6.54 Å². The van der Waals surface area contributed by atoms with Gasteiger partial charge in [-0.1, -0.05) is 30.3 Å². The number of carbonyl (C=O) groups is 2. The van der Waals surface area contributed by atoms with E-state index in [4.69, 9.17) is 0 Å². The molecule has 0 bridgehead atoms. The zero-order chi connectivity index (χ0) is 17.4. The zero-order valence-corrected chi connectivity index (χ0v) is 14.3. The molecule has 2 saturated heterocycles. The fourth-order valence-corrected chi connectivity index (χ4v) is 4.27. The highest BCUT2D eigenvalue weighted by atomic mass is 16.2. The lowest BCUT2D eigenvalue weighted by atomic mass is 9.83. The molecule has 6 nitrogen and oxygen atoms in total. The summed E-state index contributed by atoms with van der Waals surface area (Å²) in [6, 6.07) is 11.8. The number of aromatic amines is 1. The Morgan fingerprint density at radius 1 is 1.32 bits per heavy atom. The Hall–Kier alpha value is -2.63. The first kappa shape index (κ1) is 15.9. The van der Waals surface area contributed by atoms with Crippen LogP contribution in [0.1, 0.15) is 42.2 Å². The van der Waals surface area contributed by atoms with Gasteiger partial charge in [-0.25, -0.2) is 0 Å². The van der Waals surface area contributed by atoms with E-state index < -0.39 is 0 Å². The highest BCUT2D eigenvalue weighted by Crippen LogP contribution is 2.41. The average Bonchev–Trinajstić information content (AvgIpc) is 3.26. The highest BCUT2D eigenvalue weighted by molar-refractivity contribution is 5.93. The van der Waals surface area contributed by atoms with Gasteiger partial charge in [0.05, 0.1) is 11.6 Å². The van der Waals surface area contributed by atoms with Crippen LogP contribution in [0.2, 0.25) is 0 Å². The monoisotopic (exact) mass is 338 g/mol. The summed E-state index contributed by atoms with van der Waals surface area (Å²) in [6.45, 7) is 3.38. The van der Waals surface area contributed by atoms with Gasteiger partial charge in [0, 0.05) is 25.7 Å². The quantitative estimate of drug-likeness (QED) is 0.933. The van der Waals surface area contributed by atoms with E-state index in [-0.39, 0.29) is 23.4 Å². The maximum atomic E-state index is 12.8. The van der Waals surface area contributed by atoms with Crippen molar-refractivity contribution in [1.29, 1.82) is 0 Å². The van der Waals surface area contributed by atoms with Crippen molar-refractivity contribution in [1.82, 2.24) is 20.0 Å². The molecule has 0 spiro atoms. The molecule has 2 aliphatic heterocycles. The van der Waals surface area contributed by atoms with Gasteiger partial charge in [-0.05, 0) is 31.4 Å². The summed E-state index contributed by atoms with van der Waals surface area (Å²) in [4.78, 5) is 29.4. The minimum Gasteiger partial charge on any atom is -0.332 e. The van der Waals surface area contributed by atoms with Gasteiger partial charge in [0.15, 0.2) is 0 Å². The largest absolute Gasteiger partial charge is 0.332 e. The first-order chi connectivity index (χ1) is 12.1. The van der Waals surface area contributed by atoms with E-state index in [9.17, 15) is 9.59 Å². The predicted molar refractivity (Wildman–Crippen MR) is 92.7 cm³/mol. The molecule has 1 aromatic heterocycles. The second-order valence-electron chi connectivity index (χ2n) is 7.10. The molecule has 2 fully saturated rings. The molecule has 25 heavy (non-hydrogen) atoms. The second kappa shape index (κ2) is 6.02. The molecule has 2 aliphatic rings. The summed E-state index contributed by atoms with van der Waals surface area (Å²) in [7, 11) is 0. The van der Waals surface area contributed by atoms with E-state index in [0.717, 1.165) is 18.4 Å². The summed E-state index contributed by atoms with van der Waals surface area (Å²) in [5.41, 5.74) is 1.31. The molecule has 0 saturated carbocycles. The number of amides is 2. The normalized spacial score (nSPS) is 26.0. The summed E-state index contributed by atoms with van der Waals surface area (Å²) in [5, 5.41) is 6.64. The van der Waals surface area contributed by atoms with E-state index >= 15 is 0 Å². The van der Waals surface area contributed by atoms with E-state index in [0.29, 0.717) is 25.2 Å². The molecular weight excluding hydrogens is 316 g/mol. The van der Waals surface area contributed by atoms with E-state index in [1.54, 1.807) is 12.3 Å². The Morgan fingerprint density at radius 3 is 2.84 bits per heavy atom. The lowest BCUT2D eigenvalue weighted by Gasteiger charge is -2.47. The summed E-state index contributed by atoms with van der Waals surface area (Å²) in [6.07, 6.45) is 3.60. The first-order valence-corrected chi connectivity index (χ1v) is 8.74. The van der Waals surface area contributed by atoms with Crippen LogP contribution in [0, 0.1) is 0 Å². The van der Waals surface area contributed by atoms with Gasteiger partial charge in [0.25, 0.3) is 5.91 Å². The first-order valence-electron chi connectivity index (χ1n) is 8.74. The Bertz CT molecular complexity index is 774. The number of hydrogen-bond acceptors (Lipinski definition) is 3. The van der Waals surface area contributed by atoms with Crippen molar-refractivity contribution in [2.24, 2.45) is 0 Å². The Kier molecular flexibility index (Phi) is 3.82. The number of piperidine rings is 1. The van der Waals surface area contributed by atoms with E-state index in [1.807, 2.05) is 40.1 Å². The molecule has 2 amide bonds. The molecule has 1 aromatic carbocycles. The summed E-state index contributed by atoms with van der Waals surface area (Å²) < 4.78 is 0. The zero-order valence-electron chi connectivity index (χ0n) is 14.3. The number of H-pyrrole nitrogens is 1. The average molecular weight is 338 g/mol. The van der Waals surface area contributed by atoms with E-state index in [2.05, 4.69) is 17.1 Å². The Morgan fingerprint density at radius 2 is 2.12 bits per heavy atom. The number of nitrogens with zero attached hydrogens (tertiary/aromatic N) is 3. The third-order valence-electron chi connectivity index (χ3n) is 5.68. The molecule has 1 N–H and O–H groups in total. The molecule has 2 atom stereocenters. The highest BCUT2D eigenvalue weighted by Gasteiger charge is 2.53. The van der Waals surface area contributed by atoms with Crippen LogP contribution in [0.15, 0.2) is 42.6 Å². The smallest absolute Gasteiger partial charge is 0.272 e. The molecule has 0 unspecified atom stereocenters. The minimum absolute atomic E-state index is 0.0276. The standard InChI is InChI=1S/C19H22N4O2/c1-19-10-12-22(18(25)15-9-11-20-21-15)16(19)7-8-17(24)23(19)13-14-5-3-2-4-6-14/h2-6,9,11,16H,7-8,10,12-13H2,1H3,(H,20,21)/t16-,19-/m0/s1. The van der Waals surface area contributed by atoms with Gasteiger partial charge in [0.1, 0.15) is 5.69 Å². The minimum atomic E-state index is -0.319. The maximum absolute atomic E-state index is 12.8. The van der Waals surface area contributed by atoms with Crippen molar-refractivity contribution in [3.8, 4) is 0 Å². The molecule has 0 aliphatic carbocycles. The molecule has 2 aromatic rings. The molecule has 4 rings (SSSR count). The predicted octanol–water partition coefficient (Wildman–Crippen LogP) is 2.21. The Balaban J connectivity index is 1.60. The number of likely N-dealkylation sites (tertiary alicyclic amines) is 2. The van der Waals surface area contributed by atoms with Crippen molar-refractivity contribution in [2.45, 2.75) is 44.3 Å². The topological polar surface area (TPSA) is 69.3 Å². The molecule has 3 heterocycles. The van der Waals surface area contributed by atoms with Crippen molar-refractivity contribution in [3.63, 3.8) is 0 Å². The third-order valence-corrected chi connectivity index (χ3v) is 5.68. The van der Waals surface area contributed by atoms with Crippen LogP contribution in [-0.4, -0.2) is 49.9 Å². The number of nitrogens with one attached hydrogen (secondary N) is 1. The molecule has 0 radical (unpaired) electrons. The van der Waals surface area contributed by atoms with Gasteiger partial charge in [-0.3, -0.25) is 14.7 Å². The van der Waals surface area contributed by atoms with Crippen molar-refractivity contribution >= 4 is 11.8 Å². The lowest BCUT2D eigenvalue weighted by molar-refractivity contribution is -0.144. The summed E-state index contributed by atoms with van der Waals surface area (Å²) in [5.74, 6) is 0.152. The third kappa shape index (κ3) is 2.62. The van der Waals surface area contributed by atoms with Gasteiger partial charge < -0.3 is 9.80 Å². The maximum Gasteiger partial charge on any atom is 0.272 e. The number of carbonyl (C=O) groups excluding carboxylic acids is 2. The van der Waals surface area contributed by atoms with Gasteiger partial charge in [-0.2, -0.15) is 5.10 Å². The fraction of sp³-hybridized carbons (Fsp3) is 0.421. The number of aromatic nitrogens is 2.